The number of hydrogen-bond donors (Lipinski definition) is 0. The van der Waals surface area contributed by atoms with Crippen molar-refractivity contribution in [1.82, 2.24) is 0 Å². The fraction of sp³-hybridized carbons (Fsp3) is 0.136. The second-order valence-corrected chi connectivity index (χ2v) is 10.6. The van der Waals surface area contributed by atoms with Crippen molar-refractivity contribution >= 4 is 29.0 Å². The molecule has 3 heteroatoms. The minimum absolute atomic E-state index is 0.331. The standard InChI is InChI=1S/C22H23O2P/c1-2-24-25(19-18-23,20-12-6-3-7-13-20,21-14-8-4-9-15-21)22-16-10-5-11-17-22/h3-18H,2,19H2,1H3. The van der Waals surface area contributed by atoms with Crippen LogP contribution in [-0.2, 0) is 9.32 Å². The molecule has 128 valence electrons. The summed E-state index contributed by atoms with van der Waals surface area (Å²) in [6, 6.07) is 30.7. The van der Waals surface area contributed by atoms with Gasteiger partial charge in [0.1, 0.15) is 0 Å². The van der Waals surface area contributed by atoms with Crippen LogP contribution in [0.1, 0.15) is 6.92 Å². The third kappa shape index (κ3) is 2.72. The number of aldehydes is 1. The Bertz CT molecular complexity index is 717. The van der Waals surface area contributed by atoms with Crippen LogP contribution in [-0.4, -0.2) is 19.1 Å². The molecule has 0 heterocycles. The maximum absolute atomic E-state index is 12.0. The van der Waals surface area contributed by atoms with Gasteiger partial charge in [0.25, 0.3) is 0 Å². The number of carbonyl (C=O) groups excluding carboxylic acids is 1. The van der Waals surface area contributed by atoms with Crippen LogP contribution in [0.3, 0.4) is 0 Å². The van der Waals surface area contributed by atoms with Gasteiger partial charge < -0.3 is 0 Å². The molecule has 0 atom stereocenters. The molecule has 0 aliphatic heterocycles. The molecule has 0 N–H and O–H groups in total. The zero-order valence-corrected chi connectivity index (χ0v) is 15.3. The molecule has 0 amide bonds. The van der Waals surface area contributed by atoms with Crippen LogP contribution >= 0.6 is 6.83 Å². The third-order valence-corrected chi connectivity index (χ3v) is 10.6. The summed E-state index contributed by atoms with van der Waals surface area (Å²) in [5.74, 6) is 0. The predicted molar refractivity (Wildman–Crippen MR) is 108 cm³/mol. The topological polar surface area (TPSA) is 26.3 Å². The summed E-state index contributed by atoms with van der Waals surface area (Å²) in [7, 11) is 0. The summed E-state index contributed by atoms with van der Waals surface area (Å²) in [6.45, 7) is -0.819. The van der Waals surface area contributed by atoms with Crippen LogP contribution in [0.5, 0.6) is 0 Å². The second kappa shape index (κ2) is 7.31. The van der Waals surface area contributed by atoms with Crippen molar-refractivity contribution in [3.8, 4) is 0 Å². The van der Waals surface area contributed by atoms with Crippen molar-refractivity contribution < 1.29 is 9.32 Å². The molecule has 3 aromatic rings. The third-order valence-electron chi connectivity index (χ3n) is 4.74. The molecule has 0 aliphatic carbocycles. The van der Waals surface area contributed by atoms with Crippen molar-refractivity contribution in [1.29, 1.82) is 0 Å². The molecule has 3 rings (SSSR count). The van der Waals surface area contributed by atoms with Gasteiger partial charge in [-0.2, -0.15) is 0 Å². The van der Waals surface area contributed by atoms with Gasteiger partial charge in [-0.1, -0.05) is 0 Å². The zero-order chi connectivity index (χ0) is 17.6. The van der Waals surface area contributed by atoms with E-state index in [1.54, 1.807) is 0 Å². The van der Waals surface area contributed by atoms with E-state index in [1.165, 1.54) is 0 Å². The van der Waals surface area contributed by atoms with Crippen molar-refractivity contribution in [2.75, 3.05) is 12.8 Å². The van der Waals surface area contributed by atoms with Gasteiger partial charge in [0.2, 0.25) is 0 Å². The van der Waals surface area contributed by atoms with Gasteiger partial charge in [-0.15, -0.1) is 0 Å². The molecule has 25 heavy (non-hydrogen) atoms. The molecule has 0 aromatic heterocycles. The van der Waals surface area contributed by atoms with Crippen LogP contribution in [0, 0.1) is 0 Å². The van der Waals surface area contributed by atoms with E-state index in [0.29, 0.717) is 12.8 Å². The van der Waals surface area contributed by atoms with E-state index < -0.39 is 6.83 Å². The Morgan fingerprint density at radius 2 is 1.08 bits per heavy atom. The van der Waals surface area contributed by atoms with Gasteiger partial charge in [0.15, 0.2) is 0 Å². The molecule has 0 spiro atoms. The van der Waals surface area contributed by atoms with E-state index >= 15 is 0 Å². The average Bonchev–Trinajstić information content (AvgIpc) is 2.70. The molecule has 0 bridgehead atoms. The first-order valence-corrected chi connectivity index (χ1v) is 10.9. The minimum atomic E-state index is -3.35. The van der Waals surface area contributed by atoms with Crippen molar-refractivity contribution in [2.24, 2.45) is 0 Å². The number of carbonyl (C=O) groups is 1. The molecule has 0 saturated heterocycles. The van der Waals surface area contributed by atoms with Gasteiger partial charge in [0.05, 0.1) is 0 Å². The molecule has 0 radical (unpaired) electrons. The predicted octanol–water partition coefficient (Wildman–Crippen LogP) is 3.67. The van der Waals surface area contributed by atoms with Crippen LogP contribution < -0.4 is 15.9 Å². The van der Waals surface area contributed by atoms with Gasteiger partial charge in [0, 0.05) is 0 Å². The van der Waals surface area contributed by atoms with E-state index in [1.807, 2.05) is 61.5 Å². The summed E-state index contributed by atoms with van der Waals surface area (Å²) in [6.07, 6.45) is 1.35. The van der Waals surface area contributed by atoms with Gasteiger partial charge in [-0.3, -0.25) is 0 Å². The molecule has 0 fully saturated rings. The summed E-state index contributed by atoms with van der Waals surface area (Å²) < 4.78 is 6.72. The van der Waals surface area contributed by atoms with E-state index in [9.17, 15) is 4.79 Å². The van der Waals surface area contributed by atoms with Gasteiger partial charge in [-0.05, 0) is 0 Å². The Morgan fingerprint density at radius 3 is 1.36 bits per heavy atom. The summed E-state index contributed by atoms with van der Waals surface area (Å²) in [4.78, 5) is 12.0. The Labute approximate surface area is 149 Å². The SMILES string of the molecule is CCOP(CC=O)(c1ccccc1)(c1ccccc1)c1ccccc1. The number of rotatable bonds is 7. The van der Waals surface area contributed by atoms with Crippen molar-refractivity contribution in [3.63, 3.8) is 0 Å². The fourth-order valence-corrected chi connectivity index (χ4v) is 9.04. The zero-order valence-electron chi connectivity index (χ0n) is 14.4. The molecular weight excluding hydrogens is 327 g/mol. The number of hydrogen-bond acceptors (Lipinski definition) is 2. The van der Waals surface area contributed by atoms with Crippen molar-refractivity contribution in [2.45, 2.75) is 6.92 Å². The first kappa shape index (κ1) is 17.5. The molecule has 3 aromatic carbocycles. The first-order chi connectivity index (χ1) is 12.3. The molecule has 0 aliphatic rings. The second-order valence-electron chi connectivity index (χ2n) is 5.99. The van der Waals surface area contributed by atoms with Crippen LogP contribution in [0.25, 0.3) is 0 Å². The van der Waals surface area contributed by atoms with E-state index in [2.05, 4.69) is 36.4 Å². The molecule has 0 unspecified atom stereocenters. The average molecular weight is 350 g/mol. The number of benzene rings is 3. The Kier molecular flexibility index (Phi) is 5.13. The van der Waals surface area contributed by atoms with Gasteiger partial charge in [-0.25, -0.2) is 0 Å². The summed E-state index contributed by atoms with van der Waals surface area (Å²) >= 11 is 0. The van der Waals surface area contributed by atoms with Crippen LogP contribution in [0.2, 0.25) is 0 Å². The first-order valence-electron chi connectivity index (χ1n) is 8.54. The van der Waals surface area contributed by atoms with Crippen LogP contribution in [0.4, 0.5) is 0 Å². The van der Waals surface area contributed by atoms with Crippen molar-refractivity contribution in [3.05, 3.63) is 91.0 Å². The Balaban J connectivity index is 2.50. The normalized spacial score (nSPS) is 12.9. The summed E-state index contributed by atoms with van der Waals surface area (Å²) in [5.41, 5.74) is 0. The Hall–Kier alpha value is -2.28. The molecule has 0 saturated carbocycles. The van der Waals surface area contributed by atoms with Crippen LogP contribution in [0.15, 0.2) is 91.0 Å². The molecule has 2 nitrogen and oxygen atoms in total. The maximum atomic E-state index is 12.0. The van der Waals surface area contributed by atoms with E-state index in [4.69, 9.17) is 4.52 Å². The van der Waals surface area contributed by atoms with E-state index in [0.717, 1.165) is 22.2 Å². The molecular formula is C22H23O2P. The quantitative estimate of drug-likeness (QED) is 0.480. The Morgan fingerprint density at radius 1 is 0.720 bits per heavy atom. The van der Waals surface area contributed by atoms with Gasteiger partial charge >= 0.3 is 149 Å². The van der Waals surface area contributed by atoms with E-state index in [-0.39, 0.29) is 0 Å². The fourth-order valence-electron chi connectivity index (χ4n) is 3.70. The monoisotopic (exact) mass is 350 g/mol. The summed E-state index contributed by atoms with van der Waals surface area (Å²) in [5, 5.41) is 3.25.